The number of hydrogen-bond acceptors (Lipinski definition) is 4. The minimum atomic E-state index is -0.877. The zero-order valence-electron chi connectivity index (χ0n) is 22.7. The van der Waals surface area contributed by atoms with Gasteiger partial charge in [0.05, 0.1) is 4.75 Å². The van der Waals surface area contributed by atoms with Gasteiger partial charge in [-0.1, -0.05) is 18.2 Å². The molecule has 2 saturated carbocycles. The number of benzene rings is 3. The Bertz CT molecular complexity index is 1370. The number of fused-ring (bicyclic) bond motifs is 1. The Balaban J connectivity index is 0.000000983. The van der Waals surface area contributed by atoms with Gasteiger partial charge >= 0.3 is 0 Å². The molecule has 0 heterocycles. The van der Waals surface area contributed by atoms with Gasteiger partial charge in [-0.25, -0.2) is 4.39 Å². The minimum Gasteiger partial charge on any atom is -0.492 e. The zero-order chi connectivity index (χ0) is 27.7. The van der Waals surface area contributed by atoms with Crippen molar-refractivity contribution in [2.75, 3.05) is 12.9 Å². The summed E-state index contributed by atoms with van der Waals surface area (Å²) in [6.45, 7) is 4.40. The molecule has 0 amide bonds. The van der Waals surface area contributed by atoms with Crippen molar-refractivity contribution < 1.29 is 28.0 Å². The van der Waals surface area contributed by atoms with Crippen LogP contribution in [-0.2, 0) is 22.0 Å². The highest BCUT2D eigenvalue weighted by Gasteiger charge is 2.47. The van der Waals surface area contributed by atoms with Crippen LogP contribution in [0.5, 0.6) is 11.5 Å². The second-order valence-electron chi connectivity index (χ2n) is 10.9. The van der Waals surface area contributed by atoms with E-state index in [-0.39, 0.29) is 23.1 Å². The maximum Gasteiger partial charge on any atom is 0.290 e. The molecular formula is C32H35FO5S. The summed E-state index contributed by atoms with van der Waals surface area (Å²) in [6.07, 6.45) is 7.51. The van der Waals surface area contributed by atoms with E-state index in [9.17, 15) is 4.21 Å². The van der Waals surface area contributed by atoms with Crippen LogP contribution in [0, 0.1) is 19.7 Å². The fourth-order valence-corrected chi connectivity index (χ4v) is 6.63. The van der Waals surface area contributed by atoms with Crippen molar-refractivity contribution in [3.63, 3.8) is 0 Å². The van der Waals surface area contributed by atoms with E-state index in [2.05, 4.69) is 38.1 Å². The highest BCUT2D eigenvalue weighted by Crippen LogP contribution is 2.45. The number of halogens is 1. The van der Waals surface area contributed by atoms with E-state index >= 15 is 4.39 Å². The Hall–Kier alpha value is -3.19. The largest absolute Gasteiger partial charge is 0.492 e. The Morgan fingerprint density at radius 1 is 1.03 bits per heavy atom. The maximum absolute atomic E-state index is 15.1. The molecule has 0 spiro atoms. The van der Waals surface area contributed by atoms with E-state index in [0.717, 1.165) is 65.0 Å². The molecule has 1 N–H and O–H groups in total. The molecule has 0 saturated heterocycles. The average molecular weight is 551 g/mol. The lowest BCUT2D eigenvalue weighted by Crippen LogP contribution is -2.24. The van der Waals surface area contributed by atoms with Crippen molar-refractivity contribution in [3.05, 3.63) is 82.2 Å². The van der Waals surface area contributed by atoms with Crippen LogP contribution in [0.25, 0.3) is 11.1 Å². The fraction of sp³-hybridized carbons (Fsp3) is 0.406. The molecule has 5 nitrogen and oxygen atoms in total. The standard InChI is InChI=1S/C31H33FO3S.CH2O2/c1-19-16-24(34-18-31(14-15-31)36(3)33)17-20(2)29(19)25-10-12-27(32)30-26(25)11-13-28(30)35-23-8-6-22(7-9-23)21-4-5-21;2-1-3/h6-10,12,16-17,21,28H,4-5,11,13-15,18H2,1-3H3;1H,(H,2,3). The van der Waals surface area contributed by atoms with Crippen LogP contribution < -0.4 is 9.47 Å². The minimum absolute atomic E-state index is 0.175. The van der Waals surface area contributed by atoms with Crippen molar-refractivity contribution in [2.45, 2.75) is 69.1 Å². The summed E-state index contributed by atoms with van der Waals surface area (Å²) in [5.41, 5.74) is 7.52. The van der Waals surface area contributed by atoms with E-state index in [1.165, 1.54) is 18.4 Å². The van der Waals surface area contributed by atoms with E-state index in [0.29, 0.717) is 18.1 Å². The van der Waals surface area contributed by atoms with Gasteiger partial charge in [0.15, 0.2) is 0 Å². The van der Waals surface area contributed by atoms with Gasteiger partial charge < -0.3 is 14.6 Å². The number of aryl methyl sites for hydroxylation is 2. The van der Waals surface area contributed by atoms with Gasteiger partial charge in [-0.15, -0.1) is 0 Å². The van der Waals surface area contributed by atoms with Crippen molar-refractivity contribution in [2.24, 2.45) is 0 Å². The first-order chi connectivity index (χ1) is 18.8. The predicted octanol–water partition coefficient (Wildman–Crippen LogP) is 7.04. The topological polar surface area (TPSA) is 72.8 Å². The molecule has 2 atom stereocenters. The van der Waals surface area contributed by atoms with Gasteiger partial charge in [-0.3, -0.25) is 9.00 Å². The van der Waals surface area contributed by atoms with Crippen LogP contribution in [0.2, 0.25) is 0 Å². The van der Waals surface area contributed by atoms with Gasteiger partial charge in [-0.05, 0) is 122 Å². The molecule has 0 bridgehead atoms. The molecule has 7 heteroatoms. The lowest BCUT2D eigenvalue weighted by atomic mass is 9.90. The molecule has 3 aliphatic carbocycles. The SMILES string of the molecule is Cc1cc(OCC2(S(C)=O)CC2)cc(C)c1-c1ccc(F)c2c1CCC2Oc1ccc(C2CC2)cc1.O=CO. The molecule has 0 aliphatic heterocycles. The van der Waals surface area contributed by atoms with E-state index in [4.69, 9.17) is 19.4 Å². The van der Waals surface area contributed by atoms with E-state index < -0.39 is 10.8 Å². The molecule has 0 radical (unpaired) electrons. The Kier molecular flexibility index (Phi) is 7.81. The lowest BCUT2D eigenvalue weighted by molar-refractivity contribution is -0.122. The molecule has 0 aromatic heterocycles. The van der Waals surface area contributed by atoms with Crippen LogP contribution >= 0.6 is 0 Å². The number of ether oxygens (including phenoxy) is 2. The summed E-state index contributed by atoms with van der Waals surface area (Å²) in [4.78, 5) is 8.36. The van der Waals surface area contributed by atoms with Gasteiger partial charge in [0.1, 0.15) is 30.0 Å². The van der Waals surface area contributed by atoms with Crippen LogP contribution in [-0.4, -0.2) is 33.4 Å². The average Bonchev–Trinajstić information content (AvgIpc) is 3.83. The van der Waals surface area contributed by atoms with Gasteiger partial charge in [0, 0.05) is 22.6 Å². The van der Waals surface area contributed by atoms with Gasteiger partial charge in [-0.2, -0.15) is 0 Å². The molecule has 2 fully saturated rings. The molecular weight excluding hydrogens is 515 g/mol. The van der Waals surface area contributed by atoms with Crippen molar-refractivity contribution >= 4 is 17.3 Å². The molecule has 206 valence electrons. The van der Waals surface area contributed by atoms with Crippen LogP contribution in [0.4, 0.5) is 4.39 Å². The first kappa shape index (κ1) is 27.4. The molecule has 3 aliphatic rings. The summed E-state index contributed by atoms with van der Waals surface area (Å²) >= 11 is 0. The first-order valence-corrected chi connectivity index (χ1v) is 15.1. The smallest absolute Gasteiger partial charge is 0.290 e. The van der Waals surface area contributed by atoms with Crippen molar-refractivity contribution in [1.29, 1.82) is 0 Å². The van der Waals surface area contributed by atoms with Crippen LogP contribution in [0.15, 0.2) is 48.5 Å². The highest BCUT2D eigenvalue weighted by molar-refractivity contribution is 7.86. The third-order valence-corrected chi connectivity index (χ3v) is 9.93. The molecule has 39 heavy (non-hydrogen) atoms. The summed E-state index contributed by atoms with van der Waals surface area (Å²) in [5, 5.41) is 6.89. The van der Waals surface area contributed by atoms with Crippen LogP contribution in [0.3, 0.4) is 0 Å². The Morgan fingerprint density at radius 2 is 1.67 bits per heavy atom. The normalized spacial score (nSPS) is 19.3. The number of hydrogen-bond donors (Lipinski definition) is 1. The van der Waals surface area contributed by atoms with Gasteiger partial charge in [0.2, 0.25) is 0 Å². The monoisotopic (exact) mass is 550 g/mol. The third kappa shape index (κ3) is 5.74. The zero-order valence-corrected chi connectivity index (χ0v) is 23.5. The maximum atomic E-state index is 15.1. The second-order valence-corrected chi connectivity index (χ2v) is 12.7. The first-order valence-electron chi connectivity index (χ1n) is 13.5. The van der Waals surface area contributed by atoms with Crippen molar-refractivity contribution in [3.8, 4) is 22.6 Å². The molecule has 3 aromatic carbocycles. The summed E-state index contributed by atoms with van der Waals surface area (Å²) in [6, 6.07) is 16.0. The molecule has 6 rings (SSSR count). The van der Waals surface area contributed by atoms with Gasteiger partial charge in [0.25, 0.3) is 6.47 Å². The lowest BCUT2D eigenvalue weighted by Gasteiger charge is -2.20. The fourth-order valence-electron chi connectivity index (χ4n) is 5.73. The highest BCUT2D eigenvalue weighted by atomic mass is 32.2. The second kappa shape index (κ2) is 11.1. The summed E-state index contributed by atoms with van der Waals surface area (Å²) in [5.74, 6) is 2.13. The molecule has 3 aromatic rings. The van der Waals surface area contributed by atoms with Crippen LogP contribution in [0.1, 0.15) is 71.9 Å². The number of carboxylic acid groups (broad SMARTS) is 1. The summed E-state index contributed by atoms with van der Waals surface area (Å²) in [7, 11) is -0.877. The Morgan fingerprint density at radius 3 is 2.23 bits per heavy atom. The molecule has 2 unspecified atom stereocenters. The van der Waals surface area contributed by atoms with E-state index in [1.54, 1.807) is 12.3 Å². The number of carbonyl (C=O) groups is 1. The third-order valence-electron chi connectivity index (χ3n) is 8.18. The quantitative estimate of drug-likeness (QED) is 0.305. The number of rotatable bonds is 8. The summed E-state index contributed by atoms with van der Waals surface area (Å²) < 4.78 is 39.4. The predicted molar refractivity (Wildman–Crippen MR) is 152 cm³/mol. The Labute approximate surface area is 231 Å². The van der Waals surface area contributed by atoms with Crippen molar-refractivity contribution in [1.82, 2.24) is 0 Å². The van der Waals surface area contributed by atoms with E-state index in [1.807, 2.05) is 18.2 Å².